The van der Waals surface area contributed by atoms with Crippen molar-refractivity contribution in [3.05, 3.63) is 60.6 Å². The van der Waals surface area contributed by atoms with Crippen molar-refractivity contribution in [1.29, 1.82) is 0 Å². The molecule has 0 fully saturated rings. The SMILES string of the molecule is COc1cc(NC(S)Nc2cccc(C)c2)ccc1-c1cnco1. The Balaban J connectivity index is 1.73. The number of hydrogen-bond donors (Lipinski definition) is 3. The van der Waals surface area contributed by atoms with Crippen LogP contribution in [0.4, 0.5) is 11.4 Å². The number of methoxy groups -OCH3 is 1. The van der Waals surface area contributed by atoms with Crippen LogP contribution in [-0.2, 0) is 0 Å². The molecule has 0 bridgehead atoms. The number of thiol groups is 1. The minimum absolute atomic E-state index is 0.243. The summed E-state index contributed by atoms with van der Waals surface area (Å²) in [6.07, 6.45) is 3.06. The minimum atomic E-state index is -0.243. The van der Waals surface area contributed by atoms with E-state index in [4.69, 9.17) is 9.15 Å². The molecule has 1 heterocycles. The summed E-state index contributed by atoms with van der Waals surface area (Å²) in [6.45, 7) is 2.05. The molecular formula is C18H19N3O2S. The summed E-state index contributed by atoms with van der Waals surface area (Å²) in [5, 5.41) is 6.58. The monoisotopic (exact) mass is 341 g/mol. The van der Waals surface area contributed by atoms with Crippen LogP contribution in [0, 0.1) is 6.92 Å². The lowest BCUT2D eigenvalue weighted by Gasteiger charge is -2.18. The average Bonchev–Trinajstić information content (AvgIpc) is 3.09. The van der Waals surface area contributed by atoms with Crippen LogP contribution in [0.5, 0.6) is 5.75 Å². The van der Waals surface area contributed by atoms with Gasteiger partial charge in [-0.3, -0.25) is 0 Å². The fourth-order valence-corrected chi connectivity index (χ4v) is 2.72. The Morgan fingerprint density at radius 1 is 1.12 bits per heavy atom. The van der Waals surface area contributed by atoms with Gasteiger partial charge in [-0.05, 0) is 36.8 Å². The molecule has 3 rings (SSSR count). The van der Waals surface area contributed by atoms with Crippen molar-refractivity contribution in [2.24, 2.45) is 0 Å². The maximum absolute atomic E-state index is 5.45. The zero-order valence-electron chi connectivity index (χ0n) is 13.5. The summed E-state index contributed by atoms with van der Waals surface area (Å²) >= 11 is 4.54. The van der Waals surface area contributed by atoms with E-state index in [2.05, 4.69) is 47.3 Å². The maximum Gasteiger partial charge on any atom is 0.181 e. The van der Waals surface area contributed by atoms with Crippen molar-refractivity contribution in [3.8, 4) is 17.1 Å². The van der Waals surface area contributed by atoms with E-state index in [1.807, 2.05) is 30.3 Å². The third-order valence-electron chi connectivity index (χ3n) is 3.52. The molecule has 5 nitrogen and oxygen atoms in total. The minimum Gasteiger partial charge on any atom is -0.496 e. The van der Waals surface area contributed by atoms with Crippen LogP contribution in [0.3, 0.4) is 0 Å². The van der Waals surface area contributed by atoms with Gasteiger partial charge in [-0.2, -0.15) is 0 Å². The molecule has 0 amide bonds. The summed E-state index contributed by atoms with van der Waals surface area (Å²) in [6, 6.07) is 13.9. The number of ether oxygens (including phenoxy) is 1. The zero-order valence-corrected chi connectivity index (χ0v) is 14.4. The quantitative estimate of drug-likeness (QED) is 0.458. The molecule has 3 aromatic rings. The fourth-order valence-electron chi connectivity index (χ4n) is 2.42. The molecule has 24 heavy (non-hydrogen) atoms. The highest BCUT2D eigenvalue weighted by molar-refractivity contribution is 7.81. The summed E-state index contributed by atoms with van der Waals surface area (Å²) in [5.41, 5.74) is 3.69. The highest BCUT2D eigenvalue weighted by Crippen LogP contribution is 2.32. The number of nitrogens with one attached hydrogen (secondary N) is 2. The topological polar surface area (TPSA) is 59.3 Å². The molecule has 124 valence electrons. The largest absolute Gasteiger partial charge is 0.496 e. The number of aryl methyl sites for hydroxylation is 1. The number of aromatic nitrogens is 1. The van der Waals surface area contributed by atoms with E-state index >= 15 is 0 Å². The third-order valence-corrected chi connectivity index (χ3v) is 3.78. The van der Waals surface area contributed by atoms with Crippen molar-refractivity contribution >= 4 is 24.0 Å². The Kier molecular flexibility index (Phi) is 4.96. The number of hydrogen-bond acceptors (Lipinski definition) is 6. The molecule has 1 aromatic heterocycles. The molecule has 0 aliphatic rings. The number of nitrogens with zero attached hydrogens (tertiary/aromatic N) is 1. The van der Waals surface area contributed by atoms with Gasteiger partial charge < -0.3 is 19.8 Å². The number of rotatable bonds is 6. The predicted molar refractivity (Wildman–Crippen MR) is 99.7 cm³/mol. The second-order valence-electron chi connectivity index (χ2n) is 5.34. The summed E-state index contributed by atoms with van der Waals surface area (Å²) in [7, 11) is 1.63. The van der Waals surface area contributed by atoms with Gasteiger partial charge in [0, 0.05) is 17.4 Å². The number of oxazole rings is 1. The molecule has 0 radical (unpaired) electrons. The Morgan fingerprint density at radius 2 is 1.92 bits per heavy atom. The first kappa shape index (κ1) is 16.3. The van der Waals surface area contributed by atoms with Crippen LogP contribution < -0.4 is 15.4 Å². The van der Waals surface area contributed by atoms with E-state index in [9.17, 15) is 0 Å². The number of anilines is 2. The van der Waals surface area contributed by atoms with Crippen LogP contribution in [0.2, 0.25) is 0 Å². The van der Waals surface area contributed by atoms with Crippen LogP contribution in [0.25, 0.3) is 11.3 Å². The fraction of sp³-hybridized carbons (Fsp3) is 0.167. The Bertz CT molecular complexity index is 806. The van der Waals surface area contributed by atoms with Crippen molar-refractivity contribution in [2.75, 3.05) is 17.7 Å². The molecule has 6 heteroatoms. The molecule has 0 saturated heterocycles. The van der Waals surface area contributed by atoms with E-state index in [1.54, 1.807) is 13.3 Å². The first-order valence-corrected chi connectivity index (χ1v) is 8.02. The van der Waals surface area contributed by atoms with Crippen molar-refractivity contribution < 1.29 is 9.15 Å². The predicted octanol–water partition coefficient (Wildman–Crippen LogP) is 4.40. The normalized spacial score (nSPS) is 11.8. The van der Waals surface area contributed by atoms with E-state index in [0.717, 1.165) is 16.9 Å². The summed E-state index contributed by atoms with van der Waals surface area (Å²) < 4.78 is 10.8. The average molecular weight is 341 g/mol. The first-order valence-electron chi connectivity index (χ1n) is 7.50. The van der Waals surface area contributed by atoms with Gasteiger partial charge >= 0.3 is 0 Å². The van der Waals surface area contributed by atoms with E-state index in [0.29, 0.717) is 11.5 Å². The maximum atomic E-state index is 5.45. The highest BCUT2D eigenvalue weighted by atomic mass is 32.1. The summed E-state index contributed by atoms with van der Waals surface area (Å²) in [4.78, 5) is 3.94. The second kappa shape index (κ2) is 7.31. The Labute approximate surface area is 146 Å². The highest BCUT2D eigenvalue weighted by Gasteiger charge is 2.11. The Hall–Kier alpha value is -2.60. The van der Waals surface area contributed by atoms with Crippen molar-refractivity contribution in [3.63, 3.8) is 0 Å². The van der Waals surface area contributed by atoms with Gasteiger partial charge in [0.05, 0.1) is 18.9 Å². The van der Waals surface area contributed by atoms with Gasteiger partial charge in [0.1, 0.15) is 11.2 Å². The van der Waals surface area contributed by atoms with Gasteiger partial charge in [0.25, 0.3) is 0 Å². The molecule has 0 aliphatic carbocycles. The van der Waals surface area contributed by atoms with Crippen molar-refractivity contribution in [2.45, 2.75) is 12.4 Å². The van der Waals surface area contributed by atoms with Crippen LogP contribution in [0.15, 0.2) is 59.5 Å². The van der Waals surface area contributed by atoms with Gasteiger partial charge in [-0.1, -0.05) is 12.1 Å². The van der Waals surface area contributed by atoms with Gasteiger partial charge in [-0.15, -0.1) is 12.6 Å². The standard InChI is InChI=1S/C18H19N3O2S/c1-12-4-3-5-13(8-12)20-18(24)21-14-6-7-15(16(9-14)22-2)17-10-19-11-23-17/h3-11,18,20-21,24H,1-2H3. The van der Waals surface area contributed by atoms with Gasteiger partial charge in [0.2, 0.25) is 0 Å². The molecule has 1 atom stereocenters. The number of benzene rings is 2. The van der Waals surface area contributed by atoms with Crippen molar-refractivity contribution in [1.82, 2.24) is 4.98 Å². The lowest BCUT2D eigenvalue weighted by atomic mass is 10.1. The van der Waals surface area contributed by atoms with E-state index < -0.39 is 0 Å². The van der Waals surface area contributed by atoms with Crippen LogP contribution in [0.1, 0.15) is 5.56 Å². The molecule has 0 aliphatic heterocycles. The smallest absolute Gasteiger partial charge is 0.181 e. The van der Waals surface area contributed by atoms with Crippen LogP contribution in [-0.4, -0.2) is 17.6 Å². The molecule has 0 spiro atoms. The lowest BCUT2D eigenvalue weighted by molar-refractivity contribution is 0.415. The molecular weight excluding hydrogens is 322 g/mol. The molecule has 2 N–H and O–H groups in total. The first-order chi connectivity index (χ1) is 11.7. The Morgan fingerprint density at radius 3 is 2.58 bits per heavy atom. The third kappa shape index (κ3) is 3.83. The van der Waals surface area contributed by atoms with E-state index in [-0.39, 0.29) is 5.50 Å². The lowest BCUT2D eigenvalue weighted by Crippen LogP contribution is -2.22. The van der Waals surface area contributed by atoms with Gasteiger partial charge in [-0.25, -0.2) is 4.98 Å². The summed E-state index contributed by atoms with van der Waals surface area (Å²) in [5.74, 6) is 1.37. The zero-order chi connectivity index (χ0) is 16.9. The van der Waals surface area contributed by atoms with Gasteiger partial charge in [0.15, 0.2) is 12.2 Å². The molecule has 1 unspecified atom stereocenters. The second-order valence-corrected chi connectivity index (χ2v) is 5.86. The molecule has 0 saturated carbocycles. The van der Waals surface area contributed by atoms with E-state index in [1.165, 1.54) is 12.0 Å². The van der Waals surface area contributed by atoms with Crippen LogP contribution >= 0.6 is 12.6 Å². The molecule has 2 aromatic carbocycles.